The van der Waals surface area contributed by atoms with E-state index in [0.29, 0.717) is 17.1 Å². The van der Waals surface area contributed by atoms with Gasteiger partial charge in [-0.2, -0.15) is 0 Å². The number of aldehydes is 1. The van der Waals surface area contributed by atoms with Crippen LogP contribution in [0, 0.1) is 23.7 Å². The molecule has 0 amide bonds. The summed E-state index contributed by atoms with van der Waals surface area (Å²) in [5.41, 5.74) is 1.21. The second-order valence-electron chi connectivity index (χ2n) is 10.9. The number of halogens is 1. The molecule has 0 unspecified atom stereocenters. The molecule has 2 fully saturated rings. The van der Waals surface area contributed by atoms with Gasteiger partial charge in [0.05, 0.1) is 10.9 Å². The molecular formula is C32H49ClO4. The van der Waals surface area contributed by atoms with Crippen molar-refractivity contribution < 1.29 is 19.1 Å². The van der Waals surface area contributed by atoms with Crippen LogP contribution in [-0.4, -0.2) is 26.0 Å². The highest BCUT2D eigenvalue weighted by atomic mass is 35.5. The second-order valence-corrected chi connectivity index (χ2v) is 11.3. The molecule has 5 heteroatoms. The maximum Gasteiger partial charge on any atom is 0.314 e. The van der Waals surface area contributed by atoms with E-state index in [9.17, 15) is 4.79 Å². The maximum absolute atomic E-state index is 12.8. The van der Waals surface area contributed by atoms with Crippen molar-refractivity contribution in [2.24, 2.45) is 23.7 Å². The first-order valence-electron chi connectivity index (χ1n) is 14.6. The minimum Gasteiger partial charge on any atom is -0.425 e. The molecule has 0 spiro atoms. The monoisotopic (exact) mass is 532 g/mol. The van der Waals surface area contributed by atoms with E-state index in [1.807, 2.05) is 12.1 Å². The number of unbranched alkanes of at least 4 members (excludes halogenated alkanes) is 3. The predicted molar refractivity (Wildman–Crippen MR) is 153 cm³/mol. The number of esters is 1. The Labute approximate surface area is 230 Å². The van der Waals surface area contributed by atoms with Crippen LogP contribution >= 0.6 is 11.6 Å². The number of ether oxygens (including phenoxy) is 2. The summed E-state index contributed by atoms with van der Waals surface area (Å²) in [7, 11) is 1.75. The summed E-state index contributed by atoms with van der Waals surface area (Å²) in [5, 5.41) is 0.553. The zero-order valence-electron chi connectivity index (χ0n) is 23.2. The van der Waals surface area contributed by atoms with E-state index in [-0.39, 0.29) is 11.9 Å². The lowest BCUT2D eigenvalue weighted by Gasteiger charge is -2.37. The van der Waals surface area contributed by atoms with Gasteiger partial charge in [-0.25, -0.2) is 0 Å². The molecule has 0 atom stereocenters. The number of rotatable bonds is 13. The molecule has 2 aliphatic rings. The lowest BCUT2D eigenvalue weighted by atomic mass is 9.69. The number of aryl methyl sites for hydroxylation is 1. The zero-order chi connectivity index (χ0) is 26.9. The Bertz CT molecular complexity index is 786. The summed E-state index contributed by atoms with van der Waals surface area (Å²) in [4.78, 5) is 21.9. The van der Waals surface area contributed by atoms with Crippen molar-refractivity contribution in [1.82, 2.24) is 0 Å². The Morgan fingerprint density at radius 1 is 1.00 bits per heavy atom. The topological polar surface area (TPSA) is 52.6 Å². The number of carbonyl (C=O) groups is 2. The second kappa shape index (κ2) is 18.6. The van der Waals surface area contributed by atoms with E-state index in [0.717, 1.165) is 56.5 Å². The molecule has 0 N–H and O–H groups in total. The van der Waals surface area contributed by atoms with Crippen molar-refractivity contribution in [2.45, 2.75) is 103 Å². The van der Waals surface area contributed by atoms with E-state index >= 15 is 0 Å². The molecule has 0 heterocycles. The number of carbonyl (C=O) groups excluding carboxylic acids is 2. The SMILES string of the molecule is C=CC=O.CCCC1CCC(C2CCC(C(=O)Oc3ccc(CCCCCCOC)cc3Cl)CC2)CC1. The standard InChI is InChI=1S/C29H45ClO3.C3H4O/c1-3-8-22-10-13-24(14-11-22)25-15-17-26(18-16-25)29(31)33-28-19-12-23(21-27(28)30)9-6-4-5-7-20-32-2;1-2-3-4/h12,19,21-22,24-26H,3-11,13-18,20H2,1-2H3;2-3H,1H2. The van der Waals surface area contributed by atoms with Crippen molar-refractivity contribution in [1.29, 1.82) is 0 Å². The smallest absolute Gasteiger partial charge is 0.314 e. The van der Waals surface area contributed by atoms with Crippen molar-refractivity contribution in [2.75, 3.05) is 13.7 Å². The van der Waals surface area contributed by atoms with Crippen LogP contribution in [0.15, 0.2) is 30.9 Å². The molecule has 2 aliphatic carbocycles. The maximum atomic E-state index is 12.8. The largest absolute Gasteiger partial charge is 0.425 e. The minimum absolute atomic E-state index is 0.0283. The fourth-order valence-electron chi connectivity index (χ4n) is 6.09. The first kappa shape index (κ1) is 31.6. The van der Waals surface area contributed by atoms with Crippen LogP contribution in [0.5, 0.6) is 5.75 Å². The summed E-state index contributed by atoms with van der Waals surface area (Å²) >= 11 is 6.46. The van der Waals surface area contributed by atoms with E-state index in [1.54, 1.807) is 7.11 Å². The number of hydrogen-bond acceptors (Lipinski definition) is 4. The van der Waals surface area contributed by atoms with Gasteiger partial charge in [0.25, 0.3) is 0 Å². The van der Waals surface area contributed by atoms with E-state index in [1.165, 1.54) is 75.8 Å². The van der Waals surface area contributed by atoms with Gasteiger partial charge in [-0.1, -0.05) is 69.7 Å². The number of benzene rings is 1. The predicted octanol–water partition coefficient (Wildman–Crippen LogP) is 8.78. The number of hydrogen-bond donors (Lipinski definition) is 0. The summed E-state index contributed by atoms with van der Waals surface area (Å²) < 4.78 is 10.8. The summed E-state index contributed by atoms with van der Waals surface area (Å²) in [6.45, 7) is 6.26. The molecule has 0 bridgehead atoms. The summed E-state index contributed by atoms with van der Waals surface area (Å²) in [6.07, 6.45) is 20.2. The Morgan fingerprint density at radius 2 is 1.62 bits per heavy atom. The van der Waals surface area contributed by atoms with E-state index in [4.69, 9.17) is 25.9 Å². The fraction of sp³-hybridized carbons (Fsp3) is 0.688. The molecule has 0 radical (unpaired) electrons. The van der Waals surface area contributed by atoms with Gasteiger partial charge in [0, 0.05) is 13.7 Å². The van der Waals surface area contributed by atoms with Crippen LogP contribution < -0.4 is 4.74 Å². The van der Waals surface area contributed by atoms with Crippen molar-refractivity contribution >= 4 is 23.9 Å². The molecule has 3 rings (SSSR count). The van der Waals surface area contributed by atoms with Crippen LogP contribution in [0.4, 0.5) is 0 Å². The normalized spacial score (nSPS) is 23.4. The van der Waals surface area contributed by atoms with E-state index in [2.05, 4.69) is 19.6 Å². The molecule has 1 aromatic carbocycles. The quantitative estimate of drug-likeness (QED) is 0.0837. The zero-order valence-corrected chi connectivity index (χ0v) is 24.0. The number of allylic oxidation sites excluding steroid dienone is 1. The van der Waals surface area contributed by atoms with Crippen LogP contribution in [0.3, 0.4) is 0 Å². The molecule has 4 nitrogen and oxygen atoms in total. The van der Waals surface area contributed by atoms with E-state index < -0.39 is 0 Å². The van der Waals surface area contributed by atoms with Gasteiger partial charge >= 0.3 is 5.97 Å². The minimum atomic E-state index is -0.0899. The highest BCUT2D eigenvalue weighted by Gasteiger charge is 2.33. The van der Waals surface area contributed by atoms with Crippen LogP contribution in [0.2, 0.25) is 5.02 Å². The van der Waals surface area contributed by atoms with Gasteiger partial charge in [-0.05, 0) is 99.3 Å². The van der Waals surface area contributed by atoms with Gasteiger partial charge in [-0.3, -0.25) is 9.59 Å². The van der Waals surface area contributed by atoms with Crippen LogP contribution in [0.1, 0.15) is 102 Å². The Morgan fingerprint density at radius 3 is 2.19 bits per heavy atom. The highest BCUT2D eigenvalue weighted by Crippen LogP contribution is 2.42. The van der Waals surface area contributed by atoms with Crippen molar-refractivity contribution in [3.63, 3.8) is 0 Å². The molecule has 0 aliphatic heterocycles. The molecule has 1 aromatic rings. The third-order valence-corrected chi connectivity index (χ3v) is 8.52. The van der Waals surface area contributed by atoms with Crippen molar-refractivity contribution in [3.8, 4) is 5.75 Å². The third kappa shape index (κ3) is 11.7. The Kier molecular flexibility index (Phi) is 15.8. The van der Waals surface area contributed by atoms with Gasteiger partial charge in [-0.15, -0.1) is 0 Å². The van der Waals surface area contributed by atoms with Crippen LogP contribution in [-0.2, 0) is 20.7 Å². The molecule has 2 saturated carbocycles. The highest BCUT2D eigenvalue weighted by molar-refractivity contribution is 6.32. The average Bonchev–Trinajstić information content (AvgIpc) is 2.93. The van der Waals surface area contributed by atoms with Gasteiger partial charge < -0.3 is 9.47 Å². The Balaban J connectivity index is 0.00000112. The van der Waals surface area contributed by atoms with Gasteiger partial charge in [0.15, 0.2) is 0 Å². The molecule has 37 heavy (non-hydrogen) atoms. The first-order valence-corrected chi connectivity index (χ1v) is 14.9. The molecule has 208 valence electrons. The average molecular weight is 533 g/mol. The summed E-state index contributed by atoms with van der Waals surface area (Å²) in [6, 6.07) is 5.89. The lowest BCUT2D eigenvalue weighted by molar-refractivity contribution is -0.140. The van der Waals surface area contributed by atoms with Gasteiger partial charge in [0.1, 0.15) is 12.0 Å². The van der Waals surface area contributed by atoms with Gasteiger partial charge in [0.2, 0.25) is 0 Å². The molecule has 0 saturated heterocycles. The molecular weight excluding hydrogens is 484 g/mol. The Hall–Kier alpha value is -1.65. The van der Waals surface area contributed by atoms with Crippen LogP contribution in [0.25, 0.3) is 0 Å². The fourth-order valence-corrected chi connectivity index (χ4v) is 6.33. The molecule has 0 aromatic heterocycles. The first-order chi connectivity index (χ1) is 18.0. The third-order valence-electron chi connectivity index (χ3n) is 8.23. The van der Waals surface area contributed by atoms with Crippen molar-refractivity contribution in [3.05, 3.63) is 41.4 Å². The summed E-state index contributed by atoms with van der Waals surface area (Å²) in [5.74, 6) is 3.12. The lowest BCUT2D eigenvalue weighted by Crippen LogP contribution is -2.30. The number of methoxy groups -OCH3 is 1.